The molecule has 0 bridgehead atoms. The van der Waals surface area contributed by atoms with E-state index in [0.717, 1.165) is 11.5 Å². The van der Waals surface area contributed by atoms with Crippen LogP contribution in [0.25, 0.3) is 0 Å². The second kappa shape index (κ2) is 2.35. The van der Waals surface area contributed by atoms with Gasteiger partial charge in [0, 0.05) is 6.42 Å². The summed E-state index contributed by atoms with van der Waals surface area (Å²) < 4.78 is 0. The van der Waals surface area contributed by atoms with Crippen LogP contribution in [0.5, 0.6) is 0 Å². The lowest BCUT2D eigenvalue weighted by Gasteiger charge is -2.04. The van der Waals surface area contributed by atoms with Crippen molar-refractivity contribution >= 4 is 5.91 Å². The summed E-state index contributed by atoms with van der Waals surface area (Å²) in [5, 5.41) is 9.60. The smallest absolute Gasteiger partial charge is 0.246 e. The van der Waals surface area contributed by atoms with E-state index < -0.39 is 0 Å². The maximum Gasteiger partial charge on any atom is 0.246 e. The van der Waals surface area contributed by atoms with E-state index in [1.165, 1.54) is 0 Å². The predicted molar refractivity (Wildman–Crippen MR) is 31.9 cm³/mol. The SMILES string of the molecule is CCC1CC(=O)N(O)C1. The molecule has 1 fully saturated rings. The van der Waals surface area contributed by atoms with E-state index in [4.69, 9.17) is 5.21 Å². The number of hydrogen-bond donors (Lipinski definition) is 1. The molecule has 0 aromatic carbocycles. The third-order valence-electron chi connectivity index (χ3n) is 1.76. The summed E-state index contributed by atoms with van der Waals surface area (Å²) in [4.78, 5) is 10.6. The number of amides is 1. The molecule has 3 heteroatoms. The van der Waals surface area contributed by atoms with Gasteiger partial charge in [-0.3, -0.25) is 10.0 Å². The molecule has 1 aliphatic rings. The van der Waals surface area contributed by atoms with Crippen molar-refractivity contribution in [3.05, 3.63) is 0 Å². The first-order valence-corrected chi connectivity index (χ1v) is 3.23. The third-order valence-corrected chi connectivity index (χ3v) is 1.76. The number of nitrogens with zero attached hydrogens (tertiary/aromatic N) is 1. The molecule has 9 heavy (non-hydrogen) atoms. The van der Waals surface area contributed by atoms with Gasteiger partial charge in [0.25, 0.3) is 0 Å². The summed E-state index contributed by atoms with van der Waals surface area (Å²) in [6, 6.07) is 0. The average molecular weight is 129 g/mol. The van der Waals surface area contributed by atoms with Crippen LogP contribution in [-0.2, 0) is 4.79 Å². The number of carbonyl (C=O) groups is 1. The Hall–Kier alpha value is -0.570. The Morgan fingerprint density at radius 2 is 2.56 bits per heavy atom. The Balaban J connectivity index is 2.44. The average Bonchev–Trinajstić information content (AvgIpc) is 2.13. The molecule has 0 aromatic rings. The number of carbonyl (C=O) groups excluding carboxylic acids is 1. The second-order valence-electron chi connectivity index (χ2n) is 2.45. The van der Waals surface area contributed by atoms with Gasteiger partial charge in [0.1, 0.15) is 0 Å². The molecule has 1 N–H and O–H groups in total. The Kier molecular flexibility index (Phi) is 1.71. The van der Waals surface area contributed by atoms with Crippen LogP contribution in [0.15, 0.2) is 0 Å². The molecule has 0 spiro atoms. The molecule has 0 aromatic heterocycles. The van der Waals surface area contributed by atoms with Crippen molar-refractivity contribution < 1.29 is 10.0 Å². The molecule has 0 saturated carbocycles. The molecule has 1 unspecified atom stereocenters. The molecule has 52 valence electrons. The van der Waals surface area contributed by atoms with Gasteiger partial charge < -0.3 is 0 Å². The largest absolute Gasteiger partial charge is 0.286 e. The van der Waals surface area contributed by atoms with Crippen LogP contribution in [0.3, 0.4) is 0 Å². The number of rotatable bonds is 1. The summed E-state index contributed by atoms with van der Waals surface area (Å²) in [6.45, 7) is 2.55. The van der Waals surface area contributed by atoms with Crippen LogP contribution in [0.2, 0.25) is 0 Å². The first-order valence-electron chi connectivity index (χ1n) is 3.23. The molecular weight excluding hydrogens is 118 g/mol. The van der Waals surface area contributed by atoms with E-state index in [1.54, 1.807) is 0 Å². The lowest BCUT2D eigenvalue weighted by atomic mass is 10.1. The van der Waals surface area contributed by atoms with E-state index in [-0.39, 0.29) is 5.91 Å². The molecule has 3 nitrogen and oxygen atoms in total. The fraction of sp³-hybridized carbons (Fsp3) is 0.833. The minimum absolute atomic E-state index is 0.137. The minimum Gasteiger partial charge on any atom is -0.286 e. The van der Waals surface area contributed by atoms with Crippen molar-refractivity contribution in [1.82, 2.24) is 5.06 Å². The van der Waals surface area contributed by atoms with E-state index in [1.807, 2.05) is 6.92 Å². The molecule has 1 saturated heterocycles. The number of hydrogen-bond acceptors (Lipinski definition) is 2. The van der Waals surface area contributed by atoms with Crippen LogP contribution >= 0.6 is 0 Å². The molecule has 0 radical (unpaired) electrons. The highest BCUT2D eigenvalue weighted by Gasteiger charge is 2.26. The van der Waals surface area contributed by atoms with Gasteiger partial charge >= 0.3 is 0 Å². The normalized spacial score (nSPS) is 27.6. The first-order chi connectivity index (χ1) is 4.24. The van der Waals surface area contributed by atoms with E-state index >= 15 is 0 Å². The summed E-state index contributed by atoms with van der Waals surface area (Å²) in [6.07, 6.45) is 1.50. The second-order valence-corrected chi connectivity index (χ2v) is 2.45. The van der Waals surface area contributed by atoms with Gasteiger partial charge in [0.2, 0.25) is 5.91 Å². The van der Waals surface area contributed by atoms with Gasteiger partial charge in [-0.1, -0.05) is 13.3 Å². The van der Waals surface area contributed by atoms with Crippen molar-refractivity contribution in [2.45, 2.75) is 19.8 Å². The van der Waals surface area contributed by atoms with Crippen LogP contribution in [-0.4, -0.2) is 22.7 Å². The maximum atomic E-state index is 10.6. The lowest BCUT2D eigenvalue weighted by Crippen LogP contribution is -2.19. The predicted octanol–water partition coefficient (Wildman–Crippen LogP) is 0.634. The number of hydroxylamine groups is 2. The van der Waals surface area contributed by atoms with Crippen molar-refractivity contribution in [1.29, 1.82) is 0 Å². The minimum atomic E-state index is -0.137. The zero-order chi connectivity index (χ0) is 6.85. The van der Waals surface area contributed by atoms with Gasteiger partial charge in [-0.25, -0.2) is 5.06 Å². The summed E-state index contributed by atoms with van der Waals surface area (Å²) in [5.41, 5.74) is 0. The van der Waals surface area contributed by atoms with Crippen molar-refractivity contribution in [2.75, 3.05) is 6.54 Å². The van der Waals surface area contributed by atoms with Gasteiger partial charge in [0.05, 0.1) is 6.54 Å². The zero-order valence-corrected chi connectivity index (χ0v) is 5.50. The molecule has 0 aliphatic carbocycles. The summed E-state index contributed by atoms with van der Waals surface area (Å²) in [7, 11) is 0. The molecule has 1 heterocycles. The van der Waals surface area contributed by atoms with Crippen molar-refractivity contribution in [3.63, 3.8) is 0 Å². The van der Waals surface area contributed by atoms with E-state index in [0.29, 0.717) is 18.9 Å². The monoisotopic (exact) mass is 129 g/mol. The molecular formula is C6H11NO2. The maximum absolute atomic E-state index is 10.6. The fourth-order valence-electron chi connectivity index (χ4n) is 1.04. The van der Waals surface area contributed by atoms with Crippen LogP contribution < -0.4 is 0 Å². The Morgan fingerprint density at radius 3 is 2.78 bits per heavy atom. The van der Waals surface area contributed by atoms with Gasteiger partial charge in [-0.15, -0.1) is 0 Å². The third kappa shape index (κ3) is 1.21. The highest BCUT2D eigenvalue weighted by atomic mass is 16.5. The van der Waals surface area contributed by atoms with Crippen LogP contribution in [0, 0.1) is 5.92 Å². The molecule has 1 rings (SSSR count). The summed E-state index contributed by atoms with van der Waals surface area (Å²) >= 11 is 0. The molecule has 1 amide bonds. The Bertz CT molecular complexity index is 124. The van der Waals surface area contributed by atoms with Gasteiger partial charge in [-0.2, -0.15) is 0 Å². The topological polar surface area (TPSA) is 40.5 Å². The first kappa shape index (κ1) is 6.55. The van der Waals surface area contributed by atoms with Crippen LogP contribution in [0.1, 0.15) is 19.8 Å². The van der Waals surface area contributed by atoms with E-state index in [2.05, 4.69) is 0 Å². The van der Waals surface area contributed by atoms with Gasteiger partial charge in [0.15, 0.2) is 0 Å². The molecule has 1 atom stereocenters. The Labute approximate surface area is 54.2 Å². The van der Waals surface area contributed by atoms with Crippen molar-refractivity contribution in [2.24, 2.45) is 5.92 Å². The highest BCUT2D eigenvalue weighted by molar-refractivity contribution is 5.77. The Morgan fingerprint density at radius 1 is 1.89 bits per heavy atom. The standard InChI is InChI=1S/C6H11NO2/c1-2-5-3-6(8)7(9)4-5/h5,9H,2-4H2,1H3. The van der Waals surface area contributed by atoms with Gasteiger partial charge in [-0.05, 0) is 5.92 Å². The van der Waals surface area contributed by atoms with Crippen molar-refractivity contribution in [3.8, 4) is 0 Å². The molecule has 1 aliphatic heterocycles. The summed E-state index contributed by atoms with van der Waals surface area (Å²) in [5.74, 6) is 0.240. The fourth-order valence-corrected chi connectivity index (χ4v) is 1.04. The quantitative estimate of drug-likeness (QED) is 0.527. The van der Waals surface area contributed by atoms with E-state index in [9.17, 15) is 4.79 Å². The zero-order valence-electron chi connectivity index (χ0n) is 5.50. The highest BCUT2D eigenvalue weighted by Crippen LogP contribution is 2.17. The van der Waals surface area contributed by atoms with Crippen LogP contribution in [0.4, 0.5) is 0 Å². The lowest BCUT2D eigenvalue weighted by molar-refractivity contribution is -0.157.